The van der Waals surface area contributed by atoms with Crippen LogP contribution in [0.4, 0.5) is 22.7 Å². The molecule has 3 heterocycles. The van der Waals surface area contributed by atoms with Crippen molar-refractivity contribution in [3.8, 4) is 50.7 Å². The van der Waals surface area contributed by atoms with Gasteiger partial charge in [0.25, 0.3) is 0 Å². The number of hydrogen-bond donors (Lipinski definition) is 0. The van der Waals surface area contributed by atoms with E-state index in [1.165, 1.54) is 0 Å². The SMILES string of the molecule is [2H]c1c([2H])c([2H])c2c(c1[2H])c1ccc(Oc3cccc(N4CN(c5c(-c6ccc(-c7ccccc7C([2H])([2H])[2H])cc6C([2H])([2H])[2H])cccc5-c5ccccc5C(C)(C)C)c5ccccc54)c3)cc1n2-c1ccc(C(C)(C)C)cn1. The van der Waals surface area contributed by atoms with E-state index in [4.69, 9.17) is 23.4 Å². The van der Waals surface area contributed by atoms with Crippen LogP contribution in [0.2, 0.25) is 0 Å². The van der Waals surface area contributed by atoms with Gasteiger partial charge in [0.1, 0.15) is 24.0 Å². The Morgan fingerprint density at radius 2 is 1.23 bits per heavy atom. The molecule has 0 aliphatic carbocycles. The van der Waals surface area contributed by atoms with Crippen LogP contribution >= 0.6 is 0 Å². The molecule has 8 aromatic carbocycles. The Kier molecular flexibility index (Phi) is 8.28. The molecule has 2 aromatic heterocycles. The number of benzene rings is 8. The molecule has 1 aliphatic rings. The van der Waals surface area contributed by atoms with Crippen LogP contribution in [0, 0.1) is 13.7 Å². The Morgan fingerprint density at radius 1 is 0.536 bits per heavy atom. The zero-order valence-electron chi connectivity index (χ0n) is 49.6. The van der Waals surface area contributed by atoms with Gasteiger partial charge in [0.15, 0.2) is 0 Å². The van der Waals surface area contributed by atoms with Crippen LogP contribution in [0.1, 0.15) is 77.5 Å². The molecule has 5 heteroatoms. The van der Waals surface area contributed by atoms with Crippen molar-refractivity contribution in [1.29, 1.82) is 0 Å². The zero-order valence-corrected chi connectivity index (χ0v) is 39.6. The molecule has 0 saturated carbocycles. The minimum absolute atomic E-state index is 0.0952. The number of nitrogens with zero attached hydrogens (tertiary/aromatic N) is 4. The van der Waals surface area contributed by atoms with E-state index in [0.29, 0.717) is 68.0 Å². The smallest absolute Gasteiger partial charge is 0.137 e. The van der Waals surface area contributed by atoms with Crippen molar-refractivity contribution in [2.24, 2.45) is 0 Å². The minimum Gasteiger partial charge on any atom is -0.457 e. The highest BCUT2D eigenvalue weighted by Gasteiger charge is 2.33. The monoisotopic (exact) mass is 909 g/mol. The van der Waals surface area contributed by atoms with Crippen molar-refractivity contribution in [3.05, 3.63) is 216 Å². The summed E-state index contributed by atoms with van der Waals surface area (Å²) < 4.78 is 95.7. The first-order valence-electron chi connectivity index (χ1n) is 28.3. The average Bonchev–Trinajstić information content (AvgIpc) is 3.87. The second kappa shape index (κ2) is 17.0. The maximum atomic E-state index is 9.07. The molecule has 69 heavy (non-hydrogen) atoms. The lowest BCUT2D eigenvalue weighted by atomic mass is 9.80. The Morgan fingerprint density at radius 3 is 2.00 bits per heavy atom. The number of rotatable bonds is 8. The number of aromatic nitrogens is 2. The standard InChI is InChI=1S/C64H58N4O/c1-42-19-9-10-22-49(42)44-31-34-50(43(2)37-44)54-25-18-26-55(51-23-11-13-27-56(51)64(6,7)8)62(54)67-41-66(58-29-15-16-30-59(58)67)46-20-17-21-47(38-46)69-48-33-35-53-52-24-12-14-28-57(52)68(60(53)39-48)61-36-32-45(40-65-61)63(3,4)5/h9-40H,41H2,1-8H3/i1D3,2D3,12D,14D,24D,28D. The number of anilines is 4. The number of para-hydroxylation sites is 4. The minimum atomic E-state index is -2.59. The summed E-state index contributed by atoms with van der Waals surface area (Å²) in [5.41, 5.74) is 10.4. The largest absolute Gasteiger partial charge is 0.457 e. The predicted molar refractivity (Wildman–Crippen MR) is 290 cm³/mol. The van der Waals surface area contributed by atoms with Crippen LogP contribution < -0.4 is 14.5 Å². The van der Waals surface area contributed by atoms with Crippen LogP contribution in [0.25, 0.3) is 61.0 Å². The van der Waals surface area contributed by atoms with E-state index in [-0.39, 0.29) is 46.1 Å². The Hall–Kier alpha value is -7.89. The van der Waals surface area contributed by atoms with Crippen LogP contribution in [0.5, 0.6) is 11.5 Å². The van der Waals surface area contributed by atoms with Crippen molar-refractivity contribution >= 4 is 44.6 Å². The van der Waals surface area contributed by atoms with Crippen LogP contribution in [0.3, 0.4) is 0 Å². The van der Waals surface area contributed by atoms with Crippen molar-refractivity contribution in [3.63, 3.8) is 0 Å². The molecule has 10 aromatic rings. The van der Waals surface area contributed by atoms with Gasteiger partial charge in [0.2, 0.25) is 0 Å². The van der Waals surface area contributed by atoms with Gasteiger partial charge in [-0.05, 0) is 118 Å². The zero-order chi connectivity index (χ0) is 56.1. The number of hydrogen-bond acceptors (Lipinski definition) is 4. The molecule has 1 aliphatic heterocycles. The summed E-state index contributed by atoms with van der Waals surface area (Å²) in [7, 11) is 0. The maximum absolute atomic E-state index is 9.07. The number of ether oxygens (including phenoxy) is 1. The molecule has 0 atom stereocenters. The van der Waals surface area contributed by atoms with Crippen molar-refractivity contribution in [1.82, 2.24) is 9.55 Å². The Bertz CT molecular complexity index is 4040. The molecule has 0 amide bonds. The normalized spacial score (nSPS) is 15.3. The molecular weight excluding hydrogens is 841 g/mol. The van der Waals surface area contributed by atoms with E-state index < -0.39 is 13.7 Å². The van der Waals surface area contributed by atoms with Gasteiger partial charge in [-0.25, -0.2) is 4.98 Å². The summed E-state index contributed by atoms with van der Waals surface area (Å²) in [6.07, 6.45) is 1.81. The first-order chi connectivity index (χ1) is 37.4. The highest BCUT2D eigenvalue weighted by atomic mass is 16.5. The van der Waals surface area contributed by atoms with E-state index >= 15 is 0 Å². The van der Waals surface area contributed by atoms with Crippen molar-refractivity contribution in [2.45, 2.75) is 66.1 Å². The first-order valence-corrected chi connectivity index (χ1v) is 23.3. The summed E-state index contributed by atoms with van der Waals surface area (Å²) >= 11 is 0. The lowest BCUT2D eigenvalue weighted by Gasteiger charge is -2.30. The van der Waals surface area contributed by atoms with Gasteiger partial charge >= 0.3 is 0 Å². The first kappa shape index (κ1) is 33.6. The quantitative estimate of drug-likeness (QED) is 0.152. The fourth-order valence-corrected chi connectivity index (χ4v) is 9.76. The van der Waals surface area contributed by atoms with E-state index in [0.717, 1.165) is 45.0 Å². The van der Waals surface area contributed by atoms with Gasteiger partial charge in [-0.1, -0.05) is 169 Å². The molecule has 0 saturated heterocycles. The third-order valence-electron chi connectivity index (χ3n) is 13.2. The number of fused-ring (bicyclic) bond motifs is 4. The van der Waals surface area contributed by atoms with Gasteiger partial charge < -0.3 is 14.5 Å². The third kappa shape index (κ3) is 7.92. The van der Waals surface area contributed by atoms with Crippen molar-refractivity contribution < 1.29 is 18.4 Å². The molecule has 340 valence electrons. The molecule has 0 unspecified atom stereocenters. The van der Waals surface area contributed by atoms with Gasteiger partial charge in [0.05, 0.1) is 33.6 Å². The summed E-state index contributed by atoms with van der Waals surface area (Å²) in [4.78, 5) is 9.29. The third-order valence-corrected chi connectivity index (χ3v) is 13.2. The van der Waals surface area contributed by atoms with Crippen LogP contribution in [-0.4, -0.2) is 16.2 Å². The molecule has 11 rings (SSSR count). The Labute approximate surface area is 421 Å². The molecule has 0 fully saturated rings. The summed E-state index contributed by atoms with van der Waals surface area (Å²) in [6, 6.07) is 50.8. The maximum Gasteiger partial charge on any atom is 0.137 e. The van der Waals surface area contributed by atoms with Crippen LogP contribution in [0.15, 0.2) is 194 Å². The second-order valence-electron chi connectivity index (χ2n) is 19.8. The lowest BCUT2D eigenvalue weighted by molar-refractivity contribution is 0.483. The summed E-state index contributed by atoms with van der Waals surface area (Å²) in [5.74, 6) is 1.52. The topological polar surface area (TPSA) is 33.5 Å². The van der Waals surface area contributed by atoms with Gasteiger partial charge in [-0.2, -0.15) is 0 Å². The number of aryl methyl sites for hydroxylation is 2. The molecule has 0 spiro atoms. The predicted octanol–water partition coefficient (Wildman–Crippen LogP) is 17.4. The molecule has 0 bridgehead atoms. The van der Waals surface area contributed by atoms with E-state index in [1.54, 1.807) is 34.9 Å². The molecule has 5 nitrogen and oxygen atoms in total. The van der Waals surface area contributed by atoms with Gasteiger partial charge in [0, 0.05) is 54.1 Å². The van der Waals surface area contributed by atoms with Crippen LogP contribution in [-0.2, 0) is 10.8 Å². The second-order valence-corrected chi connectivity index (χ2v) is 19.8. The van der Waals surface area contributed by atoms with Crippen molar-refractivity contribution in [2.75, 3.05) is 16.5 Å². The Balaban J connectivity index is 1.03. The van der Waals surface area contributed by atoms with E-state index in [2.05, 4.69) is 81.7 Å². The molecule has 0 radical (unpaired) electrons. The fraction of sp³-hybridized carbons (Fsp3) is 0.172. The van der Waals surface area contributed by atoms with Gasteiger partial charge in [-0.3, -0.25) is 4.57 Å². The van der Waals surface area contributed by atoms with Gasteiger partial charge in [-0.15, -0.1) is 0 Å². The average molecular weight is 909 g/mol. The summed E-state index contributed by atoms with van der Waals surface area (Å²) in [6.45, 7) is 8.19. The fourth-order valence-electron chi connectivity index (χ4n) is 9.76. The number of pyridine rings is 1. The van der Waals surface area contributed by atoms with E-state index in [1.807, 2.05) is 109 Å². The molecular formula is C64H58N4O. The highest BCUT2D eigenvalue weighted by molar-refractivity contribution is 6.09. The summed E-state index contributed by atoms with van der Waals surface area (Å²) in [5, 5.41) is 1.02. The van der Waals surface area contributed by atoms with E-state index in [9.17, 15) is 0 Å². The molecule has 0 N–H and O–H groups in total. The highest BCUT2D eigenvalue weighted by Crippen LogP contribution is 2.52. The lowest BCUT2D eigenvalue weighted by Crippen LogP contribution is -2.25.